The summed E-state index contributed by atoms with van der Waals surface area (Å²) in [6.45, 7) is 0. The van der Waals surface area contributed by atoms with Crippen molar-refractivity contribution in [2.45, 2.75) is 0 Å². The van der Waals surface area contributed by atoms with E-state index in [4.69, 9.17) is 5.11 Å². The van der Waals surface area contributed by atoms with E-state index in [9.17, 15) is 20.3 Å². The molecule has 0 aliphatic rings. The summed E-state index contributed by atoms with van der Waals surface area (Å²) in [5.41, 5.74) is 0.471. The number of nitro benzene ring substituents is 1. The molecule has 3 aromatic carbocycles. The summed E-state index contributed by atoms with van der Waals surface area (Å²) in [6.07, 6.45) is 0. The third-order valence-electron chi connectivity index (χ3n) is 3.11. The smallest absolute Gasteiger partial charge is 0.310 e. The van der Waals surface area contributed by atoms with E-state index in [2.05, 4.69) is 10.2 Å². The highest BCUT2D eigenvalue weighted by atomic mass is 16.6. The fraction of sp³-hybridized carbons (Fsp3) is 0. The van der Waals surface area contributed by atoms with Gasteiger partial charge in [0.1, 0.15) is 22.9 Å². The summed E-state index contributed by atoms with van der Waals surface area (Å²) in [5, 5.41) is 45.5. The molecule has 3 aromatic rings. The SMILES string of the molecule is O=[N+]([O-])c1ccccc1O.Oc1ccccc1N=Nc1ccccc1O. The third-order valence-corrected chi connectivity index (χ3v) is 3.11. The fourth-order valence-electron chi connectivity index (χ4n) is 1.82. The first-order valence-electron chi connectivity index (χ1n) is 7.39. The number of hydrogen-bond donors (Lipinski definition) is 3. The number of nitrogens with zero attached hydrogens (tertiary/aromatic N) is 3. The Labute approximate surface area is 148 Å². The minimum atomic E-state index is -0.630. The second kappa shape index (κ2) is 8.78. The summed E-state index contributed by atoms with van der Waals surface area (Å²) in [6, 6.07) is 18.8. The minimum Gasteiger partial charge on any atom is -0.506 e. The molecule has 8 nitrogen and oxygen atoms in total. The van der Waals surface area contributed by atoms with Crippen LogP contribution in [0.3, 0.4) is 0 Å². The van der Waals surface area contributed by atoms with Crippen LogP contribution in [0, 0.1) is 10.1 Å². The van der Waals surface area contributed by atoms with Crippen LogP contribution in [0.4, 0.5) is 17.1 Å². The minimum absolute atomic E-state index is 0.0571. The first kappa shape index (κ1) is 18.4. The Kier molecular flexibility index (Phi) is 6.22. The van der Waals surface area contributed by atoms with Crippen molar-refractivity contribution in [3.8, 4) is 17.2 Å². The quantitative estimate of drug-likeness (QED) is 0.353. The Balaban J connectivity index is 0.000000209. The van der Waals surface area contributed by atoms with E-state index in [0.29, 0.717) is 11.4 Å². The molecule has 0 spiro atoms. The zero-order valence-electron chi connectivity index (χ0n) is 13.4. The van der Waals surface area contributed by atoms with Crippen molar-refractivity contribution in [1.29, 1.82) is 0 Å². The second-order valence-electron chi connectivity index (χ2n) is 4.92. The van der Waals surface area contributed by atoms with Gasteiger partial charge in [-0.2, -0.15) is 0 Å². The summed E-state index contributed by atoms with van der Waals surface area (Å²) < 4.78 is 0. The molecular weight excluding hydrogens is 338 g/mol. The molecule has 0 aliphatic carbocycles. The van der Waals surface area contributed by atoms with E-state index in [-0.39, 0.29) is 22.9 Å². The predicted octanol–water partition coefficient (Wildman–Crippen LogP) is 4.81. The molecule has 8 heteroatoms. The second-order valence-corrected chi connectivity index (χ2v) is 4.92. The van der Waals surface area contributed by atoms with Crippen molar-refractivity contribution >= 4 is 17.1 Å². The molecule has 0 unspecified atom stereocenters. The zero-order chi connectivity index (χ0) is 18.9. The molecule has 3 N–H and O–H groups in total. The summed E-state index contributed by atoms with van der Waals surface area (Å²) in [7, 11) is 0. The molecule has 0 saturated heterocycles. The van der Waals surface area contributed by atoms with E-state index < -0.39 is 4.92 Å². The topological polar surface area (TPSA) is 129 Å². The maximum atomic E-state index is 10.1. The number of phenolic OH excluding ortho intramolecular Hbond substituents is 3. The number of nitro groups is 1. The molecule has 0 bridgehead atoms. The van der Waals surface area contributed by atoms with E-state index in [1.807, 2.05) is 0 Å². The zero-order valence-corrected chi connectivity index (χ0v) is 13.4. The Bertz CT molecular complexity index is 880. The van der Waals surface area contributed by atoms with Gasteiger partial charge in [0.15, 0.2) is 5.75 Å². The van der Waals surface area contributed by atoms with Crippen molar-refractivity contribution in [3.63, 3.8) is 0 Å². The number of rotatable bonds is 3. The van der Waals surface area contributed by atoms with Gasteiger partial charge in [-0.3, -0.25) is 10.1 Å². The highest BCUT2D eigenvalue weighted by molar-refractivity contribution is 5.53. The van der Waals surface area contributed by atoms with Gasteiger partial charge in [0.2, 0.25) is 0 Å². The molecule has 0 heterocycles. The molecule has 0 amide bonds. The monoisotopic (exact) mass is 353 g/mol. The van der Waals surface area contributed by atoms with Crippen molar-refractivity contribution < 1.29 is 20.2 Å². The average molecular weight is 353 g/mol. The van der Waals surface area contributed by atoms with Crippen molar-refractivity contribution in [1.82, 2.24) is 0 Å². The van der Waals surface area contributed by atoms with Gasteiger partial charge in [-0.25, -0.2) is 0 Å². The van der Waals surface area contributed by atoms with E-state index in [1.54, 1.807) is 36.4 Å². The van der Waals surface area contributed by atoms with E-state index in [1.165, 1.54) is 36.4 Å². The van der Waals surface area contributed by atoms with Gasteiger partial charge in [-0.1, -0.05) is 36.4 Å². The Hall–Kier alpha value is -3.94. The number of azo groups is 1. The normalized spacial score (nSPS) is 10.2. The number of phenols is 3. The van der Waals surface area contributed by atoms with Gasteiger partial charge in [0, 0.05) is 6.07 Å². The fourth-order valence-corrected chi connectivity index (χ4v) is 1.82. The predicted molar refractivity (Wildman–Crippen MR) is 95.2 cm³/mol. The lowest BCUT2D eigenvalue weighted by Crippen LogP contribution is -1.86. The molecule has 0 radical (unpaired) electrons. The molecule has 0 aromatic heterocycles. The number of benzene rings is 3. The lowest BCUT2D eigenvalue weighted by molar-refractivity contribution is -0.385. The summed E-state index contributed by atoms with van der Waals surface area (Å²) in [5.74, 6) is -0.184. The van der Waals surface area contributed by atoms with Gasteiger partial charge < -0.3 is 15.3 Å². The first-order chi connectivity index (χ1) is 12.5. The van der Waals surface area contributed by atoms with Crippen LogP contribution in [0.1, 0.15) is 0 Å². The Morgan fingerprint density at radius 1 is 0.654 bits per heavy atom. The molecule has 0 atom stereocenters. The molecule has 0 aliphatic heterocycles. The number of aromatic hydroxyl groups is 3. The van der Waals surface area contributed by atoms with Crippen LogP contribution in [-0.2, 0) is 0 Å². The highest BCUT2D eigenvalue weighted by Gasteiger charge is 2.09. The maximum Gasteiger partial charge on any atom is 0.310 e. The van der Waals surface area contributed by atoms with Crippen molar-refractivity contribution in [2.75, 3.05) is 0 Å². The van der Waals surface area contributed by atoms with Crippen LogP contribution in [0.25, 0.3) is 0 Å². The molecule has 0 saturated carbocycles. The van der Waals surface area contributed by atoms with Crippen molar-refractivity contribution in [3.05, 3.63) is 82.9 Å². The molecule has 3 rings (SSSR count). The summed E-state index contributed by atoms with van der Waals surface area (Å²) >= 11 is 0. The van der Waals surface area contributed by atoms with Gasteiger partial charge in [0.05, 0.1) is 4.92 Å². The molecule has 132 valence electrons. The van der Waals surface area contributed by atoms with Crippen molar-refractivity contribution in [2.24, 2.45) is 10.2 Å². The van der Waals surface area contributed by atoms with Crippen LogP contribution in [0.2, 0.25) is 0 Å². The molecule has 26 heavy (non-hydrogen) atoms. The van der Waals surface area contributed by atoms with E-state index in [0.717, 1.165) is 0 Å². The van der Waals surface area contributed by atoms with Crippen LogP contribution in [0.5, 0.6) is 17.2 Å². The van der Waals surface area contributed by atoms with Crippen LogP contribution < -0.4 is 0 Å². The van der Waals surface area contributed by atoms with Crippen LogP contribution in [0.15, 0.2) is 83.0 Å². The van der Waals surface area contributed by atoms with Gasteiger partial charge in [-0.15, -0.1) is 10.2 Å². The average Bonchev–Trinajstić information content (AvgIpc) is 2.63. The Morgan fingerprint density at radius 2 is 1.04 bits per heavy atom. The Morgan fingerprint density at radius 3 is 1.38 bits per heavy atom. The first-order valence-corrected chi connectivity index (χ1v) is 7.39. The highest BCUT2D eigenvalue weighted by Crippen LogP contribution is 2.30. The lowest BCUT2D eigenvalue weighted by atomic mass is 10.3. The van der Waals surface area contributed by atoms with Gasteiger partial charge >= 0.3 is 5.69 Å². The van der Waals surface area contributed by atoms with Crippen LogP contribution in [-0.4, -0.2) is 20.2 Å². The number of hydrogen-bond acceptors (Lipinski definition) is 7. The third kappa shape index (κ3) is 5.03. The standard InChI is InChI=1S/C12H10N2O2.C6H5NO3/c15-11-7-3-1-5-9(11)13-14-10-6-2-4-8-12(10)16;8-6-4-2-1-3-5(6)7(9)10/h1-8,15-16H;1-4,8H. The van der Waals surface area contributed by atoms with Gasteiger partial charge in [-0.05, 0) is 30.3 Å². The molecule has 0 fully saturated rings. The summed E-state index contributed by atoms with van der Waals surface area (Å²) in [4.78, 5) is 9.44. The maximum absolute atomic E-state index is 10.1. The lowest BCUT2D eigenvalue weighted by Gasteiger charge is -1.97. The number of para-hydroxylation sites is 4. The van der Waals surface area contributed by atoms with Gasteiger partial charge in [0.25, 0.3) is 0 Å². The molecular formula is C18H15N3O5. The van der Waals surface area contributed by atoms with Crippen LogP contribution >= 0.6 is 0 Å². The largest absolute Gasteiger partial charge is 0.506 e. The van der Waals surface area contributed by atoms with E-state index >= 15 is 0 Å².